The minimum absolute atomic E-state index is 0.0191. The fourth-order valence-corrected chi connectivity index (χ4v) is 1.87. The van der Waals surface area contributed by atoms with Crippen LogP contribution in [0.25, 0.3) is 0 Å². The van der Waals surface area contributed by atoms with Gasteiger partial charge in [0.05, 0.1) is 22.2 Å². The Labute approximate surface area is 130 Å². The molecule has 1 aromatic heterocycles. The zero-order valence-electron chi connectivity index (χ0n) is 11.2. The standard InChI is InChI=1S/C15H7ClFN3O2/c1-8-12(6-19)20-7-10(14(8)16)15(21)22-13-3-2-9(5-18)4-11(13)17/h2-4,7H,1H3. The lowest BCUT2D eigenvalue weighted by Crippen LogP contribution is -2.12. The van der Waals surface area contributed by atoms with E-state index in [4.69, 9.17) is 26.9 Å². The van der Waals surface area contributed by atoms with Crippen LogP contribution >= 0.6 is 11.6 Å². The van der Waals surface area contributed by atoms with Crippen LogP contribution in [0.3, 0.4) is 0 Å². The Morgan fingerprint density at radius 2 is 2.09 bits per heavy atom. The van der Waals surface area contributed by atoms with E-state index < -0.39 is 11.8 Å². The molecule has 0 saturated heterocycles. The Hall–Kier alpha value is -2.96. The number of halogens is 2. The number of carbonyl (C=O) groups excluding carboxylic acids is 1. The van der Waals surface area contributed by atoms with E-state index in [1.54, 1.807) is 6.07 Å². The summed E-state index contributed by atoms with van der Waals surface area (Å²) in [5.74, 6) is -2.09. The first-order valence-electron chi connectivity index (χ1n) is 5.95. The summed E-state index contributed by atoms with van der Waals surface area (Å²) in [6.07, 6.45) is 1.10. The van der Waals surface area contributed by atoms with Gasteiger partial charge in [0.2, 0.25) is 0 Å². The Morgan fingerprint density at radius 1 is 1.36 bits per heavy atom. The maximum Gasteiger partial charge on any atom is 0.346 e. The number of benzene rings is 1. The zero-order chi connectivity index (χ0) is 16.3. The van der Waals surface area contributed by atoms with E-state index in [0.29, 0.717) is 5.56 Å². The molecule has 0 radical (unpaired) electrons. The molecule has 0 aliphatic heterocycles. The number of carbonyl (C=O) groups is 1. The van der Waals surface area contributed by atoms with Crippen LogP contribution in [0.15, 0.2) is 24.4 Å². The van der Waals surface area contributed by atoms with Crippen molar-refractivity contribution in [1.82, 2.24) is 4.98 Å². The number of rotatable bonds is 2. The summed E-state index contributed by atoms with van der Waals surface area (Å²) in [7, 11) is 0. The maximum absolute atomic E-state index is 13.7. The summed E-state index contributed by atoms with van der Waals surface area (Å²) < 4.78 is 18.6. The monoisotopic (exact) mass is 315 g/mol. The predicted molar refractivity (Wildman–Crippen MR) is 74.8 cm³/mol. The molecule has 7 heteroatoms. The predicted octanol–water partition coefficient (Wildman–Crippen LogP) is 3.15. The molecule has 1 aromatic carbocycles. The molecule has 2 aromatic rings. The largest absolute Gasteiger partial charge is 0.420 e. The third-order valence-corrected chi connectivity index (χ3v) is 3.32. The van der Waals surface area contributed by atoms with Gasteiger partial charge >= 0.3 is 5.97 Å². The molecule has 0 amide bonds. The molecule has 5 nitrogen and oxygen atoms in total. The molecule has 0 aliphatic rings. The fraction of sp³-hybridized carbons (Fsp3) is 0.0667. The molecule has 0 saturated carbocycles. The third kappa shape index (κ3) is 2.88. The number of pyridine rings is 1. The van der Waals surface area contributed by atoms with Gasteiger partial charge in [0.25, 0.3) is 0 Å². The molecule has 1 heterocycles. The minimum Gasteiger partial charge on any atom is -0.420 e. The molecule has 2 rings (SSSR count). The number of ether oxygens (including phenoxy) is 1. The average molecular weight is 316 g/mol. The Bertz CT molecular complexity index is 853. The number of esters is 1. The van der Waals surface area contributed by atoms with Crippen molar-refractivity contribution in [3.05, 3.63) is 57.6 Å². The van der Waals surface area contributed by atoms with Crippen LogP contribution in [-0.4, -0.2) is 11.0 Å². The van der Waals surface area contributed by atoms with E-state index in [2.05, 4.69) is 4.98 Å². The van der Waals surface area contributed by atoms with Crippen molar-refractivity contribution in [2.24, 2.45) is 0 Å². The summed E-state index contributed by atoms with van der Waals surface area (Å²) in [6, 6.07) is 7.04. The zero-order valence-corrected chi connectivity index (χ0v) is 12.0. The van der Waals surface area contributed by atoms with Gasteiger partial charge in [-0.1, -0.05) is 11.6 Å². The highest BCUT2D eigenvalue weighted by Crippen LogP contribution is 2.25. The highest BCUT2D eigenvalue weighted by Gasteiger charge is 2.19. The number of aromatic nitrogens is 1. The lowest BCUT2D eigenvalue weighted by Gasteiger charge is -2.08. The molecule has 108 valence electrons. The van der Waals surface area contributed by atoms with E-state index in [1.165, 1.54) is 19.1 Å². The maximum atomic E-state index is 13.7. The smallest absolute Gasteiger partial charge is 0.346 e. The highest BCUT2D eigenvalue weighted by molar-refractivity contribution is 6.34. The second kappa shape index (κ2) is 6.21. The normalized spacial score (nSPS) is 9.68. The molecule has 0 unspecified atom stereocenters. The second-order valence-corrected chi connectivity index (χ2v) is 4.60. The van der Waals surface area contributed by atoms with Crippen LogP contribution in [0.4, 0.5) is 4.39 Å². The molecule has 0 spiro atoms. The first-order valence-corrected chi connectivity index (χ1v) is 6.32. The van der Waals surface area contributed by atoms with E-state index in [9.17, 15) is 9.18 Å². The first-order chi connectivity index (χ1) is 10.5. The van der Waals surface area contributed by atoms with Crippen LogP contribution in [0, 0.1) is 35.4 Å². The van der Waals surface area contributed by atoms with Crippen molar-refractivity contribution in [3.8, 4) is 17.9 Å². The van der Waals surface area contributed by atoms with Gasteiger partial charge in [-0.05, 0) is 25.1 Å². The van der Waals surface area contributed by atoms with Crippen molar-refractivity contribution < 1.29 is 13.9 Å². The molecule has 0 N–H and O–H groups in total. The van der Waals surface area contributed by atoms with Crippen molar-refractivity contribution in [2.75, 3.05) is 0 Å². The van der Waals surface area contributed by atoms with E-state index in [1.807, 2.05) is 6.07 Å². The summed E-state index contributed by atoms with van der Waals surface area (Å²) in [6.45, 7) is 1.53. The molecule has 0 bridgehead atoms. The minimum atomic E-state index is -0.909. The second-order valence-electron chi connectivity index (χ2n) is 4.22. The van der Waals surface area contributed by atoms with E-state index in [0.717, 1.165) is 12.3 Å². The summed E-state index contributed by atoms with van der Waals surface area (Å²) in [5, 5.41) is 17.5. The quantitative estimate of drug-likeness (QED) is 0.627. The van der Waals surface area contributed by atoms with Gasteiger partial charge in [-0.25, -0.2) is 14.2 Å². The van der Waals surface area contributed by atoms with Crippen molar-refractivity contribution in [1.29, 1.82) is 10.5 Å². The number of nitrogens with zero attached hydrogens (tertiary/aromatic N) is 3. The van der Waals surface area contributed by atoms with Crippen molar-refractivity contribution >= 4 is 17.6 Å². The highest BCUT2D eigenvalue weighted by atomic mass is 35.5. The Balaban J connectivity index is 2.33. The molecule has 0 aliphatic carbocycles. The van der Waals surface area contributed by atoms with E-state index >= 15 is 0 Å². The number of hydrogen-bond donors (Lipinski definition) is 0. The molecular weight excluding hydrogens is 309 g/mol. The third-order valence-electron chi connectivity index (χ3n) is 2.83. The molecule has 22 heavy (non-hydrogen) atoms. The Kier molecular flexibility index (Phi) is 4.36. The van der Waals surface area contributed by atoms with Gasteiger partial charge in [0, 0.05) is 11.8 Å². The van der Waals surface area contributed by atoms with Gasteiger partial charge < -0.3 is 4.74 Å². The van der Waals surface area contributed by atoms with E-state index in [-0.39, 0.29) is 27.6 Å². The summed E-state index contributed by atoms with van der Waals surface area (Å²) >= 11 is 6.00. The Morgan fingerprint density at radius 3 is 2.68 bits per heavy atom. The van der Waals surface area contributed by atoms with Crippen LogP contribution in [0.1, 0.15) is 27.2 Å². The lowest BCUT2D eigenvalue weighted by molar-refractivity contribution is 0.0727. The average Bonchev–Trinajstić information content (AvgIpc) is 2.51. The lowest BCUT2D eigenvalue weighted by atomic mass is 10.1. The topological polar surface area (TPSA) is 86.8 Å². The SMILES string of the molecule is Cc1c(C#N)ncc(C(=O)Oc2ccc(C#N)cc2F)c1Cl. The van der Waals surface area contributed by atoms with Gasteiger partial charge in [0.1, 0.15) is 11.8 Å². The van der Waals surface area contributed by atoms with Crippen LogP contribution < -0.4 is 4.74 Å². The number of hydrogen-bond acceptors (Lipinski definition) is 5. The van der Waals surface area contributed by atoms with Gasteiger partial charge in [-0.15, -0.1) is 0 Å². The van der Waals surface area contributed by atoms with Gasteiger partial charge in [-0.2, -0.15) is 10.5 Å². The van der Waals surface area contributed by atoms with Crippen molar-refractivity contribution in [3.63, 3.8) is 0 Å². The number of nitriles is 2. The molecule has 0 fully saturated rings. The molecular formula is C15H7ClFN3O2. The van der Waals surface area contributed by atoms with Crippen LogP contribution in [0.5, 0.6) is 5.75 Å². The van der Waals surface area contributed by atoms with Crippen LogP contribution in [-0.2, 0) is 0 Å². The van der Waals surface area contributed by atoms with Gasteiger partial charge in [-0.3, -0.25) is 0 Å². The van der Waals surface area contributed by atoms with Crippen LogP contribution in [0.2, 0.25) is 5.02 Å². The first kappa shape index (κ1) is 15.4. The van der Waals surface area contributed by atoms with Crippen molar-refractivity contribution in [2.45, 2.75) is 6.92 Å². The molecule has 0 atom stereocenters. The summed E-state index contributed by atoms with van der Waals surface area (Å²) in [5.41, 5.74) is 0.443. The van der Waals surface area contributed by atoms with Gasteiger partial charge in [0.15, 0.2) is 11.6 Å². The summed E-state index contributed by atoms with van der Waals surface area (Å²) in [4.78, 5) is 15.8. The fourth-order valence-electron chi connectivity index (χ4n) is 1.65.